The van der Waals surface area contributed by atoms with Gasteiger partial charge in [-0.1, -0.05) is 0 Å². The third-order valence-electron chi connectivity index (χ3n) is 7.62. The van der Waals surface area contributed by atoms with E-state index >= 15 is 0 Å². The summed E-state index contributed by atoms with van der Waals surface area (Å²) in [5, 5.41) is 7.04. The Bertz CT molecular complexity index is 1630. The number of nitrogens with one attached hydrogen (secondary N) is 1. The summed E-state index contributed by atoms with van der Waals surface area (Å²) >= 11 is 0. The number of carbonyl (C=O) groups is 2. The van der Waals surface area contributed by atoms with Crippen LogP contribution in [0.1, 0.15) is 42.4 Å². The number of fused-ring (bicyclic) bond motifs is 1. The van der Waals surface area contributed by atoms with E-state index in [1.165, 1.54) is 13.8 Å². The SMILES string of the molecule is CCOC(=O)n1nc2c(c1NC(=O)c1ccc(N3CCN(C)CC3)cc1)CN(S(=O)(=O)c1cc(F)ccc1F)C2(C)C. The first-order valence-electron chi connectivity index (χ1n) is 13.5. The highest BCUT2D eigenvalue weighted by Gasteiger charge is 2.50. The number of nitrogens with zero attached hydrogens (tertiary/aromatic N) is 5. The molecule has 0 unspecified atom stereocenters. The summed E-state index contributed by atoms with van der Waals surface area (Å²) < 4.78 is 62.6. The molecule has 1 aromatic heterocycles. The minimum Gasteiger partial charge on any atom is -0.448 e. The second-order valence-corrected chi connectivity index (χ2v) is 12.6. The molecule has 1 N–H and O–H groups in total. The van der Waals surface area contributed by atoms with Crippen molar-refractivity contribution in [3.63, 3.8) is 0 Å². The van der Waals surface area contributed by atoms with Crippen molar-refractivity contribution in [2.45, 2.75) is 37.8 Å². The van der Waals surface area contributed by atoms with Crippen LogP contribution >= 0.6 is 0 Å². The van der Waals surface area contributed by atoms with Gasteiger partial charge in [0.2, 0.25) is 10.0 Å². The lowest BCUT2D eigenvalue weighted by Gasteiger charge is -2.34. The smallest absolute Gasteiger partial charge is 0.436 e. The van der Waals surface area contributed by atoms with Gasteiger partial charge in [0.15, 0.2) is 0 Å². The van der Waals surface area contributed by atoms with Gasteiger partial charge in [-0.25, -0.2) is 22.0 Å². The second-order valence-electron chi connectivity index (χ2n) is 10.7. The molecule has 5 rings (SSSR count). The molecule has 0 spiro atoms. The number of rotatable bonds is 6. The minimum absolute atomic E-state index is 0.0350. The van der Waals surface area contributed by atoms with Crippen LogP contribution in [-0.2, 0) is 26.8 Å². The largest absolute Gasteiger partial charge is 0.448 e. The van der Waals surface area contributed by atoms with Crippen LogP contribution in [0.5, 0.6) is 0 Å². The molecule has 0 bridgehead atoms. The third-order valence-corrected chi connectivity index (χ3v) is 9.65. The molecular weight excluding hydrogens is 570 g/mol. The van der Waals surface area contributed by atoms with Crippen molar-refractivity contribution in [1.82, 2.24) is 19.0 Å². The highest BCUT2D eigenvalue weighted by Crippen LogP contribution is 2.45. The number of sulfonamides is 1. The molecule has 14 heteroatoms. The van der Waals surface area contributed by atoms with E-state index in [1.54, 1.807) is 19.1 Å². The quantitative estimate of drug-likeness (QED) is 0.455. The Labute approximate surface area is 242 Å². The zero-order valence-corrected chi connectivity index (χ0v) is 24.5. The predicted octanol–water partition coefficient (Wildman–Crippen LogP) is 3.61. The van der Waals surface area contributed by atoms with Gasteiger partial charge in [0.1, 0.15) is 22.3 Å². The number of amides is 1. The van der Waals surface area contributed by atoms with Crippen molar-refractivity contribution in [3.8, 4) is 0 Å². The van der Waals surface area contributed by atoms with Gasteiger partial charge in [-0.05, 0) is 70.3 Å². The topological polar surface area (TPSA) is 117 Å². The van der Waals surface area contributed by atoms with Crippen molar-refractivity contribution < 1.29 is 31.5 Å². The summed E-state index contributed by atoms with van der Waals surface area (Å²) in [7, 11) is -2.50. The molecule has 2 aliphatic rings. The Kier molecular flexibility index (Phi) is 7.81. The van der Waals surface area contributed by atoms with Gasteiger partial charge >= 0.3 is 6.09 Å². The molecular formula is C28H32F2N6O5S. The van der Waals surface area contributed by atoms with E-state index in [1.807, 2.05) is 12.1 Å². The van der Waals surface area contributed by atoms with Crippen LogP contribution in [-0.4, -0.2) is 79.2 Å². The number of likely N-dealkylation sites (N-methyl/N-ethyl adjacent to an activating group) is 1. The first-order valence-corrected chi connectivity index (χ1v) is 14.9. The minimum atomic E-state index is -4.56. The molecule has 2 aromatic carbocycles. The lowest BCUT2D eigenvalue weighted by Crippen LogP contribution is -2.44. The molecule has 1 amide bonds. The van der Waals surface area contributed by atoms with Crippen molar-refractivity contribution in [3.05, 3.63) is 70.9 Å². The summed E-state index contributed by atoms with van der Waals surface area (Å²) in [6.45, 7) is 7.92. The van der Waals surface area contributed by atoms with Crippen LogP contribution in [0.25, 0.3) is 0 Å². The Hall–Kier alpha value is -3.88. The summed E-state index contributed by atoms with van der Waals surface area (Å²) in [5.41, 5.74) is 0.285. The highest BCUT2D eigenvalue weighted by atomic mass is 32.2. The molecule has 0 atom stereocenters. The molecule has 3 heterocycles. The van der Waals surface area contributed by atoms with E-state index in [2.05, 4.69) is 27.3 Å². The molecule has 42 heavy (non-hydrogen) atoms. The number of hydrogen-bond acceptors (Lipinski definition) is 8. The average Bonchev–Trinajstić information content (AvgIpc) is 3.45. The zero-order valence-electron chi connectivity index (χ0n) is 23.7. The number of anilines is 2. The maximum absolute atomic E-state index is 14.6. The number of piperazine rings is 1. The summed E-state index contributed by atoms with van der Waals surface area (Å²) in [6, 6.07) is 9.21. The number of hydrogen-bond donors (Lipinski definition) is 1. The molecule has 0 saturated carbocycles. The lowest BCUT2D eigenvalue weighted by molar-refractivity contribution is 0.102. The molecule has 2 aliphatic heterocycles. The van der Waals surface area contributed by atoms with E-state index < -0.39 is 44.1 Å². The van der Waals surface area contributed by atoms with Crippen LogP contribution < -0.4 is 10.2 Å². The van der Waals surface area contributed by atoms with Gasteiger partial charge < -0.3 is 19.9 Å². The summed E-state index contributed by atoms with van der Waals surface area (Å²) in [4.78, 5) is 29.8. The van der Waals surface area contributed by atoms with Crippen molar-refractivity contribution >= 4 is 33.5 Å². The standard InChI is InChI=1S/C28H32F2N6O5S/c1-5-41-27(38)36-25(31-26(37)18-6-9-20(10-7-18)34-14-12-33(4)13-15-34)21-17-35(28(2,3)24(21)32-36)42(39,40)23-16-19(29)8-11-22(23)30/h6-11,16H,5,12-15,17H2,1-4H3,(H,31,37). The maximum atomic E-state index is 14.6. The van der Waals surface area contributed by atoms with Crippen LogP contribution in [0.15, 0.2) is 47.4 Å². The van der Waals surface area contributed by atoms with E-state index in [0.29, 0.717) is 11.6 Å². The number of ether oxygens (including phenoxy) is 1. The number of benzene rings is 2. The molecule has 1 fully saturated rings. The Morgan fingerprint density at radius 1 is 1.05 bits per heavy atom. The van der Waals surface area contributed by atoms with E-state index in [-0.39, 0.29) is 30.2 Å². The van der Waals surface area contributed by atoms with E-state index in [4.69, 9.17) is 4.74 Å². The molecule has 0 radical (unpaired) electrons. The third kappa shape index (κ3) is 5.25. The summed E-state index contributed by atoms with van der Waals surface area (Å²) in [6.07, 6.45) is -0.867. The lowest BCUT2D eigenvalue weighted by atomic mass is 10.0. The molecule has 11 nitrogen and oxygen atoms in total. The molecule has 224 valence electrons. The Balaban J connectivity index is 1.47. The van der Waals surface area contributed by atoms with Crippen molar-refractivity contribution in [2.24, 2.45) is 0 Å². The van der Waals surface area contributed by atoms with Crippen molar-refractivity contribution in [1.29, 1.82) is 0 Å². The molecule has 3 aromatic rings. The van der Waals surface area contributed by atoms with Gasteiger partial charge in [-0.2, -0.15) is 9.40 Å². The monoisotopic (exact) mass is 602 g/mol. The van der Waals surface area contributed by atoms with Crippen LogP contribution in [0.3, 0.4) is 0 Å². The fourth-order valence-electron chi connectivity index (χ4n) is 5.24. The van der Waals surface area contributed by atoms with Crippen molar-refractivity contribution in [2.75, 3.05) is 50.1 Å². The van der Waals surface area contributed by atoms with Gasteiger partial charge in [0.25, 0.3) is 5.91 Å². The predicted molar refractivity (Wildman–Crippen MR) is 151 cm³/mol. The van der Waals surface area contributed by atoms with Gasteiger partial charge in [-0.15, -0.1) is 4.68 Å². The Morgan fingerprint density at radius 2 is 1.71 bits per heavy atom. The number of aromatic nitrogens is 2. The summed E-state index contributed by atoms with van der Waals surface area (Å²) in [5.74, 6) is -2.64. The fourth-order valence-corrected chi connectivity index (χ4v) is 7.04. The fraction of sp³-hybridized carbons (Fsp3) is 0.393. The Morgan fingerprint density at radius 3 is 2.36 bits per heavy atom. The first kappa shape index (κ1) is 29.6. The van der Waals surface area contributed by atoms with Crippen LogP contribution in [0.4, 0.5) is 25.1 Å². The number of carbonyl (C=O) groups excluding carboxylic acids is 2. The highest BCUT2D eigenvalue weighted by molar-refractivity contribution is 7.89. The average molecular weight is 603 g/mol. The van der Waals surface area contributed by atoms with Crippen LogP contribution in [0.2, 0.25) is 0 Å². The number of halogens is 2. The maximum Gasteiger partial charge on any atom is 0.436 e. The molecule has 0 aliphatic carbocycles. The van der Waals surface area contributed by atoms with Crippen LogP contribution in [0, 0.1) is 11.6 Å². The van der Waals surface area contributed by atoms with Gasteiger partial charge in [-0.3, -0.25) is 4.79 Å². The zero-order chi connectivity index (χ0) is 30.4. The molecule has 1 saturated heterocycles. The normalized spacial score (nSPS) is 17.2. The van der Waals surface area contributed by atoms with E-state index in [9.17, 15) is 26.8 Å². The second kappa shape index (κ2) is 11.1. The van der Waals surface area contributed by atoms with E-state index in [0.717, 1.165) is 53.0 Å². The first-order chi connectivity index (χ1) is 19.8. The van der Waals surface area contributed by atoms with Gasteiger partial charge in [0.05, 0.1) is 17.8 Å². The van der Waals surface area contributed by atoms with Gasteiger partial charge in [0, 0.05) is 49.5 Å².